The van der Waals surface area contributed by atoms with Crippen LogP contribution in [-0.2, 0) is 0 Å². The van der Waals surface area contributed by atoms with E-state index in [-0.39, 0.29) is 5.56 Å². The molecule has 0 spiro atoms. The predicted octanol–water partition coefficient (Wildman–Crippen LogP) is 2.86. The third-order valence-electron chi connectivity index (χ3n) is 3.92. The van der Waals surface area contributed by atoms with Crippen molar-refractivity contribution in [2.24, 2.45) is 5.92 Å². The summed E-state index contributed by atoms with van der Waals surface area (Å²) in [7, 11) is 0. The van der Waals surface area contributed by atoms with Gasteiger partial charge in [0.15, 0.2) is 0 Å². The molecule has 0 amide bonds. The molecule has 1 aromatic heterocycles. The summed E-state index contributed by atoms with van der Waals surface area (Å²) < 4.78 is 0. The number of hydrogen-bond acceptors (Lipinski definition) is 4. The van der Waals surface area contributed by atoms with Gasteiger partial charge in [0.05, 0.1) is 11.3 Å². The van der Waals surface area contributed by atoms with Gasteiger partial charge in [-0.2, -0.15) is 0 Å². The number of anilines is 1. The van der Waals surface area contributed by atoms with Gasteiger partial charge in [-0.3, -0.25) is 0 Å². The van der Waals surface area contributed by atoms with Gasteiger partial charge < -0.3 is 10.4 Å². The lowest BCUT2D eigenvalue weighted by molar-refractivity contribution is 0.0695. The van der Waals surface area contributed by atoms with Gasteiger partial charge in [-0.25, -0.2) is 14.8 Å². The van der Waals surface area contributed by atoms with E-state index in [9.17, 15) is 4.79 Å². The van der Waals surface area contributed by atoms with Crippen LogP contribution in [0.2, 0.25) is 0 Å². The second kappa shape index (κ2) is 5.99. The fourth-order valence-corrected chi connectivity index (χ4v) is 2.70. The highest BCUT2D eigenvalue weighted by Crippen LogP contribution is 2.27. The molecule has 0 aromatic carbocycles. The Kier molecular flexibility index (Phi) is 4.35. The average Bonchev–Trinajstić information content (AvgIpc) is 2.39. The van der Waals surface area contributed by atoms with E-state index in [0.717, 1.165) is 0 Å². The molecule has 19 heavy (non-hydrogen) atoms. The van der Waals surface area contributed by atoms with Gasteiger partial charge >= 0.3 is 5.97 Å². The molecule has 1 saturated carbocycles. The maximum absolute atomic E-state index is 10.9. The largest absolute Gasteiger partial charge is 0.478 e. The van der Waals surface area contributed by atoms with Crippen molar-refractivity contribution in [1.82, 2.24) is 9.97 Å². The first-order valence-corrected chi connectivity index (χ1v) is 6.91. The SMILES string of the molecule is Cc1nc(NC(C)C2CCCCC2)ncc1C(=O)O. The zero-order chi connectivity index (χ0) is 13.8. The minimum Gasteiger partial charge on any atom is -0.478 e. The molecule has 1 aliphatic carbocycles. The number of nitrogens with zero attached hydrogens (tertiary/aromatic N) is 2. The molecule has 1 aliphatic rings. The number of aryl methyl sites for hydroxylation is 1. The Morgan fingerprint density at radius 1 is 1.42 bits per heavy atom. The number of nitrogens with one attached hydrogen (secondary N) is 1. The van der Waals surface area contributed by atoms with E-state index >= 15 is 0 Å². The molecule has 0 saturated heterocycles. The van der Waals surface area contributed by atoms with E-state index < -0.39 is 5.97 Å². The van der Waals surface area contributed by atoms with Crippen LogP contribution in [0.5, 0.6) is 0 Å². The average molecular weight is 263 g/mol. The monoisotopic (exact) mass is 263 g/mol. The Morgan fingerprint density at radius 3 is 2.68 bits per heavy atom. The van der Waals surface area contributed by atoms with Crippen LogP contribution in [0, 0.1) is 12.8 Å². The molecule has 1 atom stereocenters. The van der Waals surface area contributed by atoms with E-state index in [1.54, 1.807) is 6.92 Å². The molecule has 104 valence electrons. The topological polar surface area (TPSA) is 75.1 Å². The number of carboxylic acid groups (broad SMARTS) is 1. The summed E-state index contributed by atoms with van der Waals surface area (Å²) in [6.07, 6.45) is 7.82. The van der Waals surface area contributed by atoms with Crippen molar-refractivity contribution in [3.63, 3.8) is 0 Å². The van der Waals surface area contributed by atoms with Crippen molar-refractivity contribution >= 4 is 11.9 Å². The highest BCUT2D eigenvalue weighted by atomic mass is 16.4. The lowest BCUT2D eigenvalue weighted by Crippen LogP contribution is -2.28. The first-order valence-electron chi connectivity index (χ1n) is 6.91. The van der Waals surface area contributed by atoms with E-state index in [2.05, 4.69) is 22.2 Å². The number of aromatic nitrogens is 2. The summed E-state index contributed by atoms with van der Waals surface area (Å²) in [5, 5.41) is 12.2. The standard InChI is InChI=1S/C14H21N3O2/c1-9(11-6-4-3-5-7-11)16-14-15-8-12(13(18)19)10(2)17-14/h8-9,11H,3-7H2,1-2H3,(H,18,19)(H,15,16,17). The summed E-state index contributed by atoms with van der Waals surface area (Å²) in [4.78, 5) is 19.2. The van der Waals surface area contributed by atoms with Crippen molar-refractivity contribution in [1.29, 1.82) is 0 Å². The first kappa shape index (κ1) is 13.8. The van der Waals surface area contributed by atoms with E-state index in [1.165, 1.54) is 38.3 Å². The third kappa shape index (κ3) is 3.43. The minimum absolute atomic E-state index is 0.163. The first-order chi connectivity index (χ1) is 9.08. The third-order valence-corrected chi connectivity index (χ3v) is 3.92. The molecule has 2 rings (SSSR count). The summed E-state index contributed by atoms with van der Waals surface area (Å²) in [5.74, 6) is 0.210. The lowest BCUT2D eigenvalue weighted by atomic mass is 9.85. The van der Waals surface area contributed by atoms with Gasteiger partial charge in [0.25, 0.3) is 0 Å². The summed E-state index contributed by atoms with van der Waals surface area (Å²) >= 11 is 0. The van der Waals surface area contributed by atoms with Gasteiger partial charge in [0.1, 0.15) is 0 Å². The molecule has 1 unspecified atom stereocenters. The van der Waals surface area contributed by atoms with Crippen molar-refractivity contribution in [3.8, 4) is 0 Å². The number of carboxylic acids is 1. The number of carbonyl (C=O) groups is 1. The number of rotatable bonds is 4. The molecular weight excluding hydrogens is 242 g/mol. The van der Waals surface area contributed by atoms with Crippen LogP contribution in [0.1, 0.15) is 55.1 Å². The fourth-order valence-electron chi connectivity index (χ4n) is 2.70. The van der Waals surface area contributed by atoms with Gasteiger partial charge in [-0.05, 0) is 32.6 Å². The van der Waals surface area contributed by atoms with Crippen molar-refractivity contribution in [2.45, 2.75) is 52.0 Å². The van der Waals surface area contributed by atoms with Crippen LogP contribution in [-0.4, -0.2) is 27.1 Å². The molecule has 1 fully saturated rings. The molecular formula is C14H21N3O2. The molecule has 0 bridgehead atoms. The Balaban J connectivity index is 2.02. The summed E-state index contributed by atoms with van der Waals surface area (Å²) in [6.45, 7) is 3.85. The van der Waals surface area contributed by atoms with Crippen molar-refractivity contribution in [2.75, 3.05) is 5.32 Å². The fraction of sp³-hybridized carbons (Fsp3) is 0.643. The van der Waals surface area contributed by atoms with Gasteiger partial charge in [-0.1, -0.05) is 19.3 Å². The molecule has 0 aliphatic heterocycles. The molecule has 5 heteroatoms. The molecule has 0 radical (unpaired) electrons. The number of aromatic carboxylic acids is 1. The normalized spacial score (nSPS) is 18.0. The van der Waals surface area contributed by atoms with Gasteiger partial charge in [0.2, 0.25) is 5.95 Å². The maximum atomic E-state index is 10.9. The van der Waals surface area contributed by atoms with Crippen molar-refractivity contribution in [3.05, 3.63) is 17.5 Å². The molecule has 2 N–H and O–H groups in total. The summed E-state index contributed by atoms with van der Waals surface area (Å²) in [5.41, 5.74) is 0.664. The molecule has 1 heterocycles. The van der Waals surface area contributed by atoms with Gasteiger partial charge in [-0.15, -0.1) is 0 Å². The lowest BCUT2D eigenvalue weighted by Gasteiger charge is -2.28. The minimum atomic E-state index is -0.982. The molecule has 5 nitrogen and oxygen atoms in total. The summed E-state index contributed by atoms with van der Waals surface area (Å²) in [6, 6.07) is 0.329. The number of hydrogen-bond donors (Lipinski definition) is 2. The Hall–Kier alpha value is -1.65. The Morgan fingerprint density at radius 2 is 2.11 bits per heavy atom. The van der Waals surface area contributed by atoms with E-state index in [0.29, 0.717) is 23.6 Å². The van der Waals surface area contributed by atoms with E-state index in [1.807, 2.05) is 0 Å². The zero-order valence-corrected chi connectivity index (χ0v) is 11.5. The highest BCUT2D eigenvalue weighted by molar-refractivity contribution is 5.88. The predicted molar refractivity (Wildman–Crippen MR) is 73.4 cm³/mol. The van der Waals surface area contributed by atoms with Crippen LogP contribution >= 0.6 is 0 Å². The van der Waals surface area contributed by atoms with Crippen LogP contribution in [0.4, 0.5) is 5.95 Å². The van der Waals surface area contributed by atoms with Gasteiger partial charge in [0, 0.05) is 12.2 Å². The van der Waals surface area contributed by atoms with Crippen LogP contribution < -0.4 is 5.32 Å². The second-order valence-electron chi connectivity index (χ2n) is 5.33. The second-order valence-corrected chi connectivity index (χ2v) is 5.33. The van der Waals surface area contributed by atoms with Crippen LogP contribution in [0.25, 0.3) is 0 Å². The quantitative estimate of drug-likeness (QED) is 0.873. The Bertz CT molecular complexity index is 456. The highest BCUT2D eigenvalue weighted by Gasteiger charge is 2.21. The van der Waals surface area contributed by atoms with Crippen molar-refractivity contribution < 1.29 is 9.90 Å². The van der Waals surface area contributed by atoms with Crippen LogP contribution in [0.3, 0.4) is 0 Å². The Labute approximate surface area is 113 Å². The van der Waals surface area contributed by atoms with E-state index in [4.69, 9.17) is 5.11 Å². The zero-order valence-electron chi connectivity index (χ0n) is 11.5. The van der Waals surface area contributed by atoms with Crippen LogP contribution in [0.15, 0.2) is 6.20 Å². The smallest absolute Gasteiger partial charge is 0.339 e. The molecule has 1 aromatic rings. The maximum Gasteiger partial charge on any atom is 0.339 e.